The Balaban J connectivity index is 1.66. The molecule has 0 spiro atoms. The number of aromatic nitrogens is 3. The largest absolute Gasteiger partial charge is 0.497 e. The molecule has 2 aromatic carbocycles. The molecule has 0 aliphatic carbocycles. The van der Waals surface area contributed by atoms with E-state index in [0.29, 0.717) is 30.1 Å². The first-order chi connectivity index (χ1) is 13.5. The van der Waals surface area contributed by atoms with Crippen molar-refractivity contribution in [3.63, 3.8) is 0 Å². The number of nitrogens with zero attached hydrogens (tertiary/aromatic N) is 3. The summed E-state index contributed by atoms with van der Waals surface area (Å²) >= 11 is 8.77. The van der Waals surface area contributed by atoms with Crippen LogP contribution >= 0.6 is 28.1 Å². The van der Waals surface area contributed by atoms with Gasteiger partial charge in [-0.25, -0.2) is 0 Å². The van der Waals surface area contributed by atoms with Crippen LogP contribution in [-0.2, 0) is 17.9 Å². The highest BCUT2D eigenvalue weighted by Crippen LogP contribution is 2.21. The molecule has 146 valence electrons. The molecule has 0 aliphatic heterocycles. The monoisotopic (exact) mass is 460 g/mol. The fraction of sp³-hybridized carbons (Fsp3) is 0.250. The van der Waals surface area contributed by atoms with Gasteiger partial charge in [0.05, 0.1) is 7.11 Å². The molecule has 28 heavy (non-hydrogen) atoms. The SMILES string of the molecule is COc1ccc(-c2n[nH]c(=S)n2CCC(=O)N(C)Cc2ccc(Br)cc2)cc1. The Morgan fingerprint density at radius 2 is 1.89 bits per heavy atom. The number of nitrogens with one attached hydrogen (secondary N) is 1. The highest BCUT2D eigenvalue weighted by molar-refractivity contribution is 9.10. The van der Waals surface area contributed by atoms with Gasteiger partial charge in [0.15, 0.2) is 10.6 Å². The van der Waals surface area contributed by atoms with Gasteiger partial charge in [-0.3, -0.25) is 14.5 Å². The molecule has 1 heterocycles. The van der Waals surface area contributed by atoms with Crippen molar-refractivity contribution in [2.45, 2.75) is 19.5 Å². The zero-order valence-electron chi connectivity index (χ0n) is 15.7. The fourth-order valence-electron chi connectivity index (χ4n) is 2.84. The lowest BCUT2D eigenvalue weighted by molar-refractivity contribution is -0.130. The predicted molar refractivity (Wildman–Crippen MR) is 115 cm³/mol. The van der Waals surface area contributed by atoms with E-state index in [0.717, 1.165) is 21.3 Å². The average molecular weight is 461 g/mol. The number of carbonyl (C=O) groups excluding carboxylic acids is 1. The molecule has 1 amide bonds. The Kier molecular flexibility index (Phi) is 6.64. The summed E-state index contributed by atoms with van der Waals surface area (Å²) in [4.78, 5) is 14.3. The number of rotatable bonds is 7. The molecule has 0 atom stereocenters. The van der Waals surface area contributed by atoms with E-state index in [1.165, 1.54) is 0 Å². The molecule has 0 aliphatic rings. The van der Waals surface area contributed by atoms with Gasteiger partial charge in [-0.1, -0.05) is 28.1 Å². The second kappa shape index (κ2) is 9.16. The lowest BCUT2D eigenvalue weighted by Gasteiger charge is -2.18. The van der Waals surface area contributed by atoms with Crippen molar-refractivity contribution in [2.75, 3.05) is 14.2 Å². The molecule has 8 heteroatoms. The molecule has 0 saturated carbocycles. The van der Waals surface area contributed by atoms with E-state index in [9.17, 15) is 4.79 Å². The number of amides is 1. The summed E-state index contributed by atoms with van der Waals surface area (Å²) in [5, 5.41) is 7.13. The highest BCUT2D eigenvalue weighted by atomic mass is 79.9. The molecule has 3 rings (SSSR count). The van der Waals surface area contributed by atoms with E-state index < -0.39 is 0 Å². The minimum absolute atomic E-state index is 0.0479. The normalized spacial score (nSPS) is 10.7. The van der Waals surface area contributed by atoms with Crippen molar-refractivity contribution in [3.8, 4) is 17.1 Å². The van der Waals surface area contributed by atoms with Crippen LogP contribution in [0.4, 0.5) is 0 Å². The smallest absolute Gasteiger partial charge is 0.224 e. The van der Waals surface area contributed by atoms with Gasteiger partial charge in [-0.2, -0.15) is 5.10 Å². The quantitative estimate of drug-likeness (QED) is 0.529. The van der Waals surface area contributed by atoms with Gasteiger partial charge in [0, 0.05) is 36.6 Å². The van der Waals surface area contributed by atoms with E-state index in [4.69, 9.17) is 17.0 Å². The summed E-state index contributed by atoms with van der Waals surface area (Å²) < 4.78 is 8.56. The summed E-state index contributed by atoms with van der Waals surface area (Å²) in [5.74, 6) is 1.52. The zero-order valence-corrected chi connectivity index (χ0v) is 18.1. The lowest BCUT2D eigenvalue weighted by Crippen LogP contribution is -2.27. The number of ether oxygens (including phenoxy) is 1. The van der Waals surface area contributed by atoms with E-state index >= 15 is 0 Å². The molecular formula is C20H21BrN4O2S. The summed E-state index contributed by atoms with van der Waals surface area (Å²) in [6, 6.07) is 15.5. The topological polar surface area (TPSA) is 63.1 Å². The van der Waals surface area contributed by atoms with Crippen molar-refractivity contribution < 1.29 is 9.53 Å². The summed E-state index contributed by atoms with van der Waals surface area (Å²) in [6.45, 7) is 1.02. The molecule has 1 N–H and O–H groups in total. The molecule has 6 nitrogen and oxygen atoms in total. The maximum absolute atomic E-state index is 12.6. The number of aromatic amines is 1. The van der Waals surface area contributed by atoms with Crippen LogP contribution in [0, 0.1) is 4.77 Å². The molecule has 0 fully saturated rings. The molecule has 1 aromatic heterocycles. The first-order valence-corrected chi connectivity index (χ1v) is 9.96. The number of benzene rings is 2. The lowest BCUT2D eigenvalue weighted by atomic mass is 10.2. The van der Waals surface area contributed by atoms with Gasteiger partial charge in [0.1, 0.15) is 5.75 Å². The van der Waals surface area contributed by atoms with Crippen molar-refractivity contribution in [2.24, 2.45) is 0 Å². The first-order valence-electron chi connectivity index (χ1n) is 8.76. The van der Waals surface area contributed by atoms with E-state index in [-0.39, 0.29) is 5.91 Å². The van der Waals surface area contributed by atoms with E-state index in [1.807, 2.05) is 60.1 Å². The van der Waals surface area contributed by atoms with Crippen LogP contribution in [0.5, 0.6) is 5.75 Å². The van der Waals surface area contributed by atoms with Crippen LogP contribution in [0.3, 0.4) is 0 Å². The Morgan fingerprint density at radius 1 is 1.21 bits per heavy atom. The van der Waals surface area contributed by atoms with Crippen LogP contribution in [0.1, 0.15) is 12.0 Å². The standard InChI is InChI=1S/C20H21BrN4O2S/c1-24(13-14-3-7-16(21)8-4-14)18(26)11-12-25-19(22-23-20(25)28)15-5-9-17(27-2)10-6-15/h3-10H,11-13H2,1-2H3,(H,23,28). The minimum atomic E-state index is 0.0479. The molecule has 0 bridgehead atoms. The van der Waals surface area contributed by atoms with Crippen LogP contribution in [0.2, 0.25) is 0 Å². The van der Waals surface area contributed by atoms with Gasteiger partial charge in [-0.15, -0.1) is 0 Å². The average Bonchev–Trinajstić information content (AvgIpc) is 3.08. The van der Waals surface area contributed by atoms with Crippen molar-refractivity contribution >= 4 is 34.1 Å². The summed E-state index contributed by atoms with van der Waals surface area (Å²) in [6.07, 6.45) is 0.337. The third-order valence-corrected chi connectivity index (χ3v) is 5.25. The highest BCUT2D eigenvalue weighted by Gasteiger charge is 2.13. The summed E-state index contributed by atoms with van der Waals surface area (Å²) in [7, 11) is 3.44. The first kappa shape index (κ1) is 20.3. The Bertz CT molecular complexity index is 996. The van der Waals surface area contributed by atoms with E-state index in [1.54, 1.807) is 12.0 Å². The Morgan fingerprint density at radius 3 is 2.54 bits per heavy atom. The Labute approximate surface area is 177 Å². The van der Waals surface area contributed by atoms with Gasteiger partial charge in [-0.05, 0) is 54.2 Å². The molecule has 0 unspecified atom stereocenters. The van der Waals surface area contributed by atoms with Gasteiger partial charge in [0.25, 0.3) is 0 Å². The van der Waals surface area contributed by atoms with Crippen molar-refractivity contribution in [1.29, 1.82) is 0 Å². The maximum Gasteiger partial charge on any atom is 0.224 e. The second-order valence-electron chi connectivity index (χ2n) is 6.36. The van der Waals surface area contributed by atoms with Gasteiger partial charge < -0.3 is 9.64 Å². The third kappa shape index (κ3) is 4.88. The predicted octanol–water partition coefficient (Wildman–Crippen LogP) is 4.43. The second-order valence-corrected chi connectivity index (χ2v) is 7.66. The van der Waals surface area contributed by atoms with Crippen LogP contribution < -0.4 is 4.74 Å². The van der Waals surface area contributed by atoms with Gasteiger partial charge >= 0.3 is 0 Å². The third-order valence-electron chi connectivity index (χ3n) is 4.41. The molecule has 0 saturated heterocycles. The van der Waals surface area contributed by atoms with Crippen LogP contribution in [-0.4, -0.2) is 39.7 Å². The van der Waals surface area contributed by atoms with Crippen LogP contribution in [0.15, 0.2) is 53.0 Å². The van der Waals surface area contributed by atoms with Crippen molar-refractivity contribution in [3.05, 3.63) is 63.3 Å². The number of H-pyrrole nitrogens is 1. The summed E-state index contributed by atoms with van der Waals surface area (Å²) in [5.41, 5.74) is 1.99. The number of methoxy groups -OCH3 is 1. The number of halogens is 1. The van der Waals surface area contributed by atoms with Crippen molar-refractivity contribution in [1.82, 2.24) is 19.7 Å². The minimum Gasteiger partial charge on any atom is -0.497 e. The molecule has 3 aromatic rings. The Hall–Kier alpha value is -2.45. The zero-order chi connectivity index (χ0) is 20.1. The fourth-order valence-corrected chi connectivity index (χ4v) is 3.32. The number of hydrogen-bond acceptors (Lipinski definition) is 4. The van der Waals surface area contributed by atoms with E-state index in [2.05, 4.69) is 26.1 Å². The van der Waals surface area contributed by atoms with Crippen LogP contribution in [0.25, 0.3) is 11.4 Å². The number of hydrogen-bond donors (Lipinski definition) is 1. The maximum atomic E-state index is 12.6. The molecular weight excluding hydrogens is 440 g/mol. The molecule has 0 radical (unpaired) electrons. The van der Waals surface area contributed by atoms with Gasteiger partial charge in [0.2, 0.25) is 5.91 Å². The number of carbonyl (C=O) groups is 1.